The van der Waals surface area contributed by atoms with Gasteiger partial charge in [-0.2, -0.15) is 0 Å². The summed E-state index contributed by atoms with van der Waals surface area (Å²) in [7, 11) is 0. The highest BCUT2D eigenvalue weighted by Gasteiger charge is 2.02. The lowest BCUT2D eigenvalue weighted by molar-refractivity contribution is -0.131. The minimum Gasteiger partial charge on any atom is -0.478 e. The van der Waals surface area contributed by atoms with Crippen LogP contribution in [0.15, 0.2) is 66.7 Å². The van der Waals surface area contributed by atoms with Gasteiger partial charge in [0.1, 0.15) is 5.75 Å². The van der Waals surface area contributed by atoms with E-state index in [-0.39, 0.29) is 0 Å². The lowest BCUT2D eigenvalue weighted by Crippen LogP contribution is -2.01. The van der Waals surface area contributed by atoms with Gasteiger partial charge in [0.15, 0.2) is 5.75 Å². The molecule has 0 aliphatic heterocycles. The average Bonchev–Trinajstić information content (AvgIpc) is 2.46. The van der Waals surface area contributed by atoms with Gasteiger partial charge in [0.2, 0.25) is 0 Å². The molecule has 0 bridgehead atoms. The molecular weight excluding hydrogens is 254 g/mol. The largest absolute Gasteiger partial charge is 0.478 e. The fourth-order valence-corrected chi connectivity index (χ4v) is 1.65. The zero-order valence-corrected chi connectivity index (χ0v) is 10.8. The Morgan fingerprint density at radius 3 is 2.55 bits per heavy atom. The van der Waals surface area contributed by atoms with Crippen molar-refractivity contribution in [1.29, 1.82) is 0 Å². The molecule has 0 fully saturated rings. The predicted molar refractivity (Wildman–Crippen MR) is 78.2 cm³/mol. The number of hydrogen-bond donors (Lipinski definition) is 2. The second kappa shape index (κ2) is 6.99. The fourth-order valence-electron chi connectivity index (χ4n) is 1.65. The highest BCUT2D eigenvalue weighted by molar-refractivity contribution is 5.79. The summed E-state index contributed by atoms with van der Waals surface area (Å²) in [5.41, 5.74) is 0.811. The lowest BCUT2D eigenvalue weighted by Gasteiger charge is -2.11. The second-order valence-corrected chi connectivity index (χ2v) is 4.03. The number of aliphatic carboxylic acids is 1. The number of ether oxygens (including phenoxy) is 1. The van der Waals surface area contributed by atoms with Crippen molar-refractivity contribution in [3.63, 3.8) is 0 Å². The van der Waals surface area contributed by atoms with E-state index in [1.54, 1.807) is 6.08 Å². The van der Waals surface area contributed by atoms with E-state index in [0.717, 1.165) is 17.5 Å². The zero-order valence-electron chi connectivity index (χ0n) is 10.8. The molecule has 102 valence electrons. The number of carboxylic acids is 1. The van der Waals surface area contributed by atoms with E-state index in [0.29, 0.717) is 12.3 Å². The van der Waals surface area contributed by atoms with Crippen LogP contribution in [0.1, 0.15) is 0 Å². The van der Waals surface area contributed by atoms with Gasteiger partial charge in [-0.15, -0.1) is 0 Å². The Balaban J connectivity index is 2.04. The summed E-state index contributed by atoms with van der Waals surface area (Å²) in [5, 5.41) is 11.6. The lowest BCUT2D eigenvalue weighted by atomic mass is 10.3. The Bertz CT molecular complexity index is 594. The first-order chi connectivity index (χ1) is 9.75. The number of benzene rings is 2. The molecule has 4 heteroatoms. The molecular formula is C16H15NO3. The van der Waals surface area contributed by atoms with Crippen molar-refractivity contribution in [2.75, 3.05) is 11.9 Å². The maximum absolute atomic E-state index is 10.4. The van der Waals surface area contributed by atoms with Gasteiger partial charge < -0.3 is 15.2 Å². The van der Waals surface area contributed by atoms with Crippen LogP contribution >= 0.6 is 0 Å². The molecule has 2 rings (SSSR count). The number of carbonyl (C=O) groups is 1. The van der Waals surface area contributed by atoms with E-state index in [2.05, 4.69) is 5.32 Å². The fraction of sp³-hybridized carbons (Fsp3) is 0.0625. The molecule has 2 N–H and O–H groups in total. The first kappa shape index (κ1) is 13.7. The Kier molecular flexibility index (Phi) is 4.78. The molecule has 0 unspecified atom stereocenters. The molecule has 0 heterocycles. The maximum atomic E-state index is 10.4. The van der Waals surface area contributed by atoms with E-state index < -0.39 is 5.97 Å². The molecule has 0 saturated carbocycles. The summed E-state index contributed by atoms with van der Waals surface area (Å²) < 4.78 is 5.78. The van der Waals surface area contributed by atoms with Crippen molar-refractivity contribution >= 4 is 11.7 Å². The van der Waals surface area contributed by atoms with E-state index >= 15 is 0 Å². The maximum Gasteiger partial charge on any atom is 0.328 e. The predicted octanol–water partition coefficient (Wildman–Crippen LogP) is 3.53. The number of anilines is 1. The molecule has 0 amide bonds. The Labute approximate surface area is 117 Å². The van der Waals surface area contributed by atoms with Crippen LogP contribution in [0, 0.1) is 0 Å². The summed E-state index contributed by atoms with van der Waals surface area (Å²) in [5.74, 6) is 0.492. The molecule has 0 radical (unpaired) electrons. The van der Waals surface area contributed by atoms with E-state index in [1.807, 2.05) is 54.6 Å². The highest BCUT2D eigenvalue weighted by Crippen LogP contribution is 2.28. The zero-order chi connectivity index (χ0) is 14.2. The number of rotatable bonds is 6. The first-order valence-electron chi connectivity index (χ1n) is 6.21. The van der Waals surface area contributed by atoms with Crippen molar-refractivity contribution in [3.05, 3.63) is 66.7 Å². The van der Waals surface area contributed by atoms with Crippen LogP contribution < -0.4 is 10.1 Å². The van der Waals surface area contributed by atoms with Crippen LogP contribution in [0.5, 0.6) is 11.5 Å². The third-order valence-corrected chi connectivity index (χ3v) is 2.53. The summed E-state index contributed by atoms with van der Waals surface area (Å²) >= 11 is 0. The third kappa shape index (κ3) is 4.17. The molecule has 0 aliphatic carbocycles. The van der Waals surface area contributed by atoms with Crippen LogP contribution in [0.25, 0.3) is 0 Å². The Morgan fingerprint density at radius 2 is 1.80 bits per heavy atom. The standard InChI is InChI=1S/C16H15NO3/c18-16(19)11-6-12-17-14-9-4-5-10-15(14)20-13-7-2-1-3-8-13/h1-11,17H,12H2,(H,18,19)/b11-6+. The number of para-hydroxylation sites is 3. The quantitative estimate of drug-likeness (QED) is 0.788. The van der Waals surface area contributed by atoms with Gasteiger partial charge in [-0.05, 0) is 24.3 Å². The summed E-state index contributed by atoms with van der Waals surface area (Å²) in [6.07, 6.45) is 2.65. The summed E-state index contributed by atoms with van der Waals surface area (Å²) in [6, 6.07) is 17.0. The van der Waals surface area contributed by atoms with E-state index in [4.69, 9.17) is 9.84 Å². The van der Waals surface area contributed by atoms with Crippen molar-refractivity contribution in [2.45, 2.75) is 0 Å². The van der Waals surface area contributed by atoms with Crippen LogP contribution in [-0.2, 0) is 4.79 Å². The Hall–Kier alpha value is -2.75. The van der Waals surface area contributed by atoms with Crippen molar-refractivity contribution in [1.82, 2.24) is 0 Å². The van der Waals surface area contributed by atoms with Gasteiger partial charge in [-0.25, -0.2) is 4.79 Å². The monoisotopic (exact) mass is 269 g/mol. The normalized spacial score (nSPS) is 10.4. The van der Waals surface area contributed by atoms with Crippen molar-refractivity contribution < 1.29 is 14.6 Å². The van der Waals surface area contributed by atoms with Crippen LogP contribution in [0.2, 0.25) is 0 Å². The third-order valence-electron chi connectivity index (χ3n) is 2.53. The average molecular weight is 269 g/mol. The Morgan fingerprint density at radius 1 is 1.10 bits per heavy atom. The molecule has 2 aromatic carbocycles. The minimum atomic E-state index is -0.958. The summed E-state index contributed by atoms with van der Waals surface area (Å²) in [4.78, 5) is 10.4. The molecule has 2 aromatic rings. The number of carboxylic acid groups (broad SMARTS) is 1. The first-order valence-corrected chi connectivity index (χ1v) is 6.21. The van der Waals surface area contributed by atoms with Crippen LogP contribution in [0.4, 0.5) is 5.69 Å². The van der Waals surface area contributed by atoms with Crippen LogP contribution in [-0.4, -0.2) is 17.6 Å². The number of hydrogen-bond acceptors (Lipinski definition) is 3. The van der Waals surface area contributed by atoms with Gasteiger partial charge in [0.05, 0.1) is 5.69 Å². The molecule has 20 heavy (non-hydrogen) atoms. The smallest absolute Gasteiger partial charge is 0.328 e. The van der Waals surface area contributed by atoms with Gasteiger partial charge in [0.25, 0.3) is 0 Å². The van der Waals surface area contributed by atoms with Crippen LogP contribution in [0.3, 0.4) is 0 Å². The number of nitrogens with one attached hydrogen (secondary N) is 1. The molecule has 0 spiro atoms. The second-order valence-electron chi connectivity index (χ2n) is 4.03. The minimum absolute atomic E-state index is 0.418. The van der Waals surface area contributed by atoms with E-state index in [1.165, 1.54) is 0 Å². The van der Waals surface area contributed by atoms with Crippen molar-refractivity contribution in [3.8, 4) is 11.5 Å². The summed E-state index contributed by atoms with van der Waals surface area (Å²) in [6.45, 7) is 0.418. The topological polar surface area (TPSA) is 58.6 Å². The molecule has 0 aliphatic rings. The van der Waals surface area contributed by atoms with Crippen molar-refractivity contribution in [2.24, 2.45) is 0 Å². The molecule has 4 nitrogen and oxygen atoms in total. The van der Waals surface area contributed by atoms with E-state index in [9.17, 15) is 4.79 Å². The van der Waals surface area contributed by atoms with Gasteiger partial charge in [-0.3, -0.25) is 0 Å². The van der Waals surface area contributed by atoms with Gasteiger partial charge in [0, 0.05) is 12.6 Å². The molecule has 0 aromatic heterocycles. The molecule has 0 atom stereocenters. The van der Waals surface area contributed by atoms with Gasteiger partial charge >= 0.3 is 5.97 Å². The molecule has 0 saturated heterocycles. The SMILES string of the molecule is O=C(O)/C=C/CNc1ccccc1Oc1ccccc1. The highest BCUT2D eigenvalue weighted by atomic mass is 16.5. The van der Waals surface area contributed by atoms with Gasteiger partial charge in [-0.1, -0.05) is 36.4 Å².